The van der Waals surface area contributed by atoms with E-state index in [2.05, 4.69) is 126 Å². The second-order valence-corrected chi connectivity index (χ2v) is 12.5. The van der Waals surface area contributed by atoms with Gasteiger partial charge in [-0.3, -0.25) is 0 Å². The highest BCUT2D eigenvalue weighted by molar-refractivity contribution is 7.25. The van der Waals surface area contributed by atoms with E-state index in [9.17, 15) is 0 Å². The predicted octanol–water partition coefficient (Wildman–Crippen LogP) is 11.1. The lowest BCUT2D eigenvalue weighted by Gasteiger charge is -2.27. The van der Waals surface area contributed by atoms with E-state index < -0.39 is 0 Å². The summed E-state index contributed by atoms with van der Waals surface area (Å²) < 4.78 is 2.68. The SMILES string of the molecule is c1ccc(-c2ccc(N(c3ccc(C4CC5CCC4C5)cc3)c3ccc4sc5ccccc5c4c3)cc2)cc1. The molecule has 2 bridgehead atoms. The Kier molecular flexibility index (Phi) is 5.55. The van der Waals surface area contributed by atoms with Crippen LogP contribution >= 0.6 is 11.3 Å². The molecule has 0 saturated heterocycles. The summed E-state index contributed by atoms with van der Waals surface area (Å²) >= 11 is 1.88. The van der Waals surface area contributed by atoms with E-state index >= 15 is 0 Å². The molecule has 0 radical (unpaired) electrons. The van der Waals surface area contributed by atoms with E-state index in [1.165, 1.54) is 79.6 Å². The summed E-state index contributed by atoms with van der Waals surface area (Å²) in [4.78, 5) is 2.42. The van der Waals surface area contributed by atoms with E-state index in [0.717, 1.165) is 17.8 Å². The number of rotatable bonds is 5. The first-order valence-corrected chi connectivity index (χ1v) is 15.1. The molecular formula is C37H31NS. The zero-order valence-electron chi connectivity index (χ0n) is 22.0. The predicted molar refractivity (Wildman–Crippen MR) is 168 cm³/mol. The zero-order chi connectivity index (χ0) is 25.8. The van der Waals surface area contributed by atoms with E-state index in [1.54, 1.807) is 0 Å². The van der Waals surface area contributed by atoms with Crippen molar-refractivity contribution in [1.82, 2.24) is 0 Å². The minimum absolute atomic E-state index is 0.755. The summed E-state index contributed by atoms with van der Waals surface area (Å²) in [6, 6.07) is 44.9. The Morgan fingerprint density at radius 3 is 1.95 bits per heavy atom. The first-order chi connectivity index (χ1) is 19.3. The van der Waals surface area contributed by atoms with E-state index in [1.807, 2.05) is 11.3 Å². The van der Waals surface area contributed by atoms with Crippen LogP contribution in [-0.2, 0) is 0 Å². The van der Waals surface area contributed by atoms with Crippen molar-refractivity contribution >= 4 is 48.6 Å². The third-order valence-electron chi connectivity index (χ3n) is 9.17. The van der Waals surface area contributed by atoms with Gasteiger partial charge in [-0.25, -0.2) is 0 Å². The molecule has 3 atom stereocenters. The number of fused-ring (bicyclic) bond motifs is 5. The first-order valence-electron chi connectivity index (χ1n) is 14.3. The van der Waals surface area contributed by atoms with Crippen molar-refractivity contribution < 1.29 is 0 Å². The summed E-state index contributed by atoms with van der Waals surface area (Å²) in [5.41, 5.74) is 7.62. The smallest absolute Gasteiger partial charge is 0.0468 e. The highest BCUT2D eigenvalue weighted by atomic mass is 32.1. The Morgan fingerprint density at radius 1 is 0.538 bits per heavy atom. The third-order valence-corrected chi connectivity index (χ3v) is 10.3. The molecule has 3 unspecified atom stereocenters. The average Bonchev–Trinajstić information content (AvgIpc) is 3.73. The van der Waals surface area contributed by atoms with Crippen molar-refractivity contribution in [2.45, 2.75) is 31.6 Å². The van der Waals surface area contributed by atoms with Gasteiger partial charge in [0, 0.05) is 37.2 Å². The molecule has 39 heavy (non-hydrogen) atoms. The standard InChI is InChI=1S/C37H31NS/c1-2-6-26(7-3-1)27-12-16-30(17-13-27)38(31-18-14-28(15-19-31)34-23-25-10-11-29(34)22-25)32-20-21-37-35(24-32)33-8-4-5-9-36(33)39-37/h1-9,12-21,24-25,29,34H,10-11,22-23H2. The van der Waals surface area contributed by atoms with Gasteiger partial charge < -0.3 is 4.90 Å². The molecule has 2 heteroatoms. The van der Waals surface area contributed by atoms with Gasteiger partial charge in [0.25, 0.3) is 0 Å². The monoisotopic (exact) mass is 521 g/mol. The van der Waals surface area contributed by atoms with Crippen molar-refractivity contribution in [3.05, 3.63) is 127 Å². The Hall–Kier alpha value is -3.88. The van der Waals surface area contributed by atoms with Gasteiger partial charge in [0.05, 0.1) is 0 Å². The zero-order valence-corrected chi connectivity index (χ0v) is 22.8. The Bertz CT molecular complexity index is 1760. The first kappa shape index (κ1) is 23.0. The quantitative estimate of drug-likeness (QED) is 0.218. The van der Waals surface area contributed by atoms with Crippen LogP contribution in [0, 0.1) is 11.8 Å². The number of benzene rings is 5. The van der Waals surface area contributed by atoms with Crippen molar-refractivity contribution in [1.29, 1.82) is 0 Å². The third kappa shape index (κ3) is 4.06. The summed E-state index contributed by atoms with van der Waals surface area (Å²) in [6.07, 6.45) is 5.70. The molecule has 1 heterocycles. The van der Waals surface area contributed by atoms with Crippen LogP contribution in [0.5, 0.6) is 0 Å². The van der Waals surface area contributed by atoms with Crippen LogP contribution in [0.4, 0.5) is 17.1 Å². The molecule has 0 aliphatic heterocycles. The van der Waals surface area contributed by atoms with E-state index in [-0.39, 0.29) is 0 Å². The van der Waals surface area contributed by atoms with Crippen LogP contribution in [0.15, 0.2) is 121 Å². The molecule has 190 valence electrons. The molecule has 0 N–H and O–H groups in total. The second-order valence-electron chi connectivity index (χ2n) is 11.4. The molecule has 2 aliphatic rings. The fourth-order valence-corrected chi connectivity index (χ4v) is 8.34. The number of hydrogen-bond donors (Lipinski definition) is 0. The molecule has 0 amide bonds. The Morgan fingerprint density at radius 2 is 1.21 bits per heavy atom. The van der Waals surface area contributed by atoms with Crippen molar-refractivity contribution in [3.63, 3.8) is 0 Å². The number of anilines is 3. The maximum Gasteiger partial charge on any atom is 0.0468 e. The fraction of sp³-hybridized carbons (Fsp3) is 0.189. The van der Waals surface area contributed by atoms with E-state index in [0.29, 0.717) is 0 Å². The molecule has 2 saturated carbocycles. The summed E-state index contributed by atoms with van der Waals surface area (Å²) in [7, 11) is 0. The van der Waals surface area contributed by atoms with Crippen molar-refractivity contribution in [3.8, 4) is 11.1 Å². The minimum Gasteiger partial charge on any atom is -0.310 e. The molecule has 6 aromatic rings. The molecule has 5 aromatic carbocycles. The maximum atomic E-state index is 2.42. The topological polar surface area (TPSA) is 3.24 Å². The van der Waals surface area contributed by atoms with Crippen LogP contribution in [0.3, 0.4) is 0 Å². The average molecular weight is 522 g/mol. The fourth-order valence-electron chi connectivity index (χ4n) is 7.26. The number of thiophene rings is 1. The van der Waals surface area contributed by atoms with Crippen LogP contribution in [0.25, 0.3) is 31.3 Å². The maximum absolute atomic E-state index is 2.42. The Labute approximate surface area is 234 Å². The highest BCUT2D eigenvalue weighted by Gasteiger charge is 2.40. The van der Waals surface area contributed by atoms with Crippen LogP contribution in [-0.4, -0.2) is 0 Å². The molecule has 8 rings (SSSR count). The van der Waals surface area contributed by atoms with E-state index in [4.69, 9.17) is 0 Å². The van der Waals surface area contributed by atoms with Gasteiger partial charge in [0.2, 0.25) is 0 Å². The molecule has 0 spiro atoms. The Balaban J connectivity index is 1.22. The summed E-state index contributed by atoms with van der Waals surface area (Å²) in [6.45, 7) is 0. The van der Waals surface area contributed by atoms with Gasteiger partial charge in [0.15, 0.2) is 0 Å². The summed E-state index contributed by atoms with van der Waals surface area (Å²) in [5.74, 6) is 2.62. The van der Waals surface area contributed by atoms with Crippen molar-refractivity contribution in [2.24, 2.45) is 11.8 Å². The lowest BCUT2D eigenvalue weighted by molar-refractivity contribution is 0.420. The summed E-state index contributed by atoms with van der Waals surface area (Å²) in [5, 5.41) is 2.67. The lowest BCUT2D eigenvalue weighted by Crippen LogP contribution is -2.11. The second kappa shape index (κ2) is 9.39. The van der Waals surface area contributed by atoms with Gasteiger partial charge >= 0.3 is 0 Å². The van der Waals surface area contributed by atoms with Gasteiger partial charge in [-0.15, -0.1) is 11.3 Å². The van der Waals surface area contributed by atoms with Crippen LogP contribution < -0.4 is 4.90 Å². The molecular weight excluding hydrogens is 490 g/mol. The van der Waals surface area contributed by atoms with Gasteiger partial charge in [-0.05, 0) is 102 Å². The normalized spacial score (nSPS) is 20.2. The molecule has 2 aliphatic carbocycles. The van der Waals surface area contributed by atoms with Gasteiger partial charge in [-0.1, -0.05) is 79.2 Å². The molecule has 1 aromatic heterocycles. The molecule has 1 nitrogen and oxygen atoms in total. The van der Waals surface area contributed by atoms with Gasteiger partial charge in [0.1, 0.15) is 0 Å². The van der Waals surface area contributed by atoms with Crippen LogP contribution in [0.2, 0.25) is 0 Å². The number of hydrogen-bond acceptors (Lipinski definition) is 2. The number of nitrogens with zero attached hydrogens (tertiary/aromatic N) is 1. The highest BCUT2D eigenvalue weighted by Crippen LogP contribution is 2.53. The van der Waals surface area contributed by atoms with Crippen LogP contribution in [0.1, 0.15) is 37.2 Å². The van der Waals surface area contributed by atoms with Gasteiger partial charge in [-0.2, -0.15) is 0 Å². The largest absolute Gasteiger partial charge is 0.310 e. The minimum atomic E-state index is 0.755. The lowest BCUT2D eigenvalue weighted by atomic mass is 9.83. The molecule has 2 fully saturated rings. The van der Waals surface area contributed by atoms with Crippen molar-refractivity contribution in [2.75, 3.05) is 4.90 Å².